The molecule has 3 N–H and O–H groups in total. The molecule has 5 nitrogen and oxygen atoms in total. The van der Waals surface area contributed by atoms with Crippen LogP contribution in [0, 0.1) is 0 Å². The second kappa shape index (κ2) is 8.72. The summed E-state index contributed by atoms with van der Waals surface area (Å²) in [7, 11) is 1.57. The molecule has 5 heteroatoms. The lowest BCUT2D eigenvalue weighted by Crippen LogP contribution is -2.46. The lowest BCUT2D eigenvalue weighted by molar-refractivity contribution is -0.127. The molecule has 1 atom stereocenters. The fraction of sp³-hybridized carbons (Fsp3) is 0.263. The normalized spacial score (nSPS) is 11.5. The average Bonchev–Trinajstić information content (AvgIpc) is 2.60. The van der Waals surface area contributed by atoms with E-state index in [9.17, 15) is 9.59 Å². The zero-order valence-electron chi connectivity index (χ0n) is 13.7. The summed E-state index contributed by atoms with van der Waals surface area (Å²) in [5.74, 6) is -0.0891. The first-order valence-corrected chi connectivity index (χ1v) is 7.84. The number of carbonyl (C=O) groups excluding carboxylic acids is 2. The van der Waals surface area contributed by atoms with E-state index in [1.165, 1.54) is 0 Å². The summed E-state index contributed by atoms with van der Waals surface area (Å²) >= 11 is 0. The van der Waals surface area contributed by atoms with Crippen molar-refractivity contribution in [3.8, 4) is 5.75 Å². The third-order valence-electron chi connectivity index (χ3n) is 3.78. The van der Waals surface area contributed by atoms with Crippen molar-refractivity contribution in [3.63, 3.8) is 0 Å². The Bertz CT molecular complexity index is 686. The highest BCUT2D eigenvalue weighted by atomic mass is 16.5. The second-order valence-electron chi connectivity index (χ2n) is 5.52. The number of hydrogen-bond donors (Lipinski definition) is 2. The topological polar surface area (TPSA) is 81.4 Å². The van der Waals surface area contributed by atoms with Crippen LogP contribution in [0.25, 0.3) is 0 Å². The van der Waals surface area contributed by atoms with Crippen LogP contribution >= 0.6 is 0 Å². The second-order valence-corrected chi connectivity index (χ2v) is 5.52. The molecule has 0 fully saturated rings. The van der Waals surface area contributed by atoms with Gasteiger partial charge in [-0.05, 0) is 23.6 Å². The Morgan fingerprint density at radius 1 is 1.08 bits per heavy atom. The van der Waals surface area contributed by atoms with Gasteiger partial charge >= 0.3 is 0 Å². The minimum absolute atomic E-state index is 0.197. The lowest BCUT2D eigenvalue weighted by Gasteiger charge is -2.17. The highest BCUT2D eigenvalue weighted by Gasteiger charge is 2.20. The number of primary amides is 1. The van der Waals surface area contributed by atoms with Crippen molar-refractivity contribution >= 4 is 11.8 Å². The third-order valence-corrected chi connectivity index (χ3v) is 3.78. The summed E-state index contributed by atoms with van der Waals surface area (Å²) in [6.07, 6.45) is 1.23. The molecule has 0 aliphatic rings. The number of ether oxygens (including phenoxy) is 1. The van der Waals surface area contributed by atoms with Crippen LogP contribution < -0.4 is 15.8 Å². The molecule has 0 aliphatic carbocycles. The molecular weight excluding hydrogens is 304 g/mol. The summed E-state index contributed by atoms with van der Waals surface area (Å²) in [6, 6.07) is 16.3. The van der Waals surface area contributed by atoms with Gasteiger partial charge in [-0.2, -0.15) is 0 Å². The van der Waals surface area contributed by atoms with E-state index in [4.69, 9.17) is 10.5 Å². The van der Waals surface area contributed by atoms with Crippen molar-refractivity contribution in [2.45, 2.75) is 25.3 Å². The number of nitrogens with one attached hydrogen (secondary N) is 1. The number of benzene rings is 2. The van der Waals surface area contributed by atoms with Gasteiger partial charge in [0.2, 0.25) is 11.8 Å². The van der Waals surface area contributed by atoms with Gasteiger partial charge in [-0.15, -0.1) is 0 Å². The predicted molar refractivity (Wildman–Crippen MR) is 92.6 cm³/mol. The molecule has 0 aliphatic heterocycles. The molecule has 2 aromatic carbocycles. The van der Waals surface area contributed by atoms with Crippen molar-refractivity contribution in [3.05, 3.63) is 65.7 Å². The van der Waals surface area contributed by atoms with E-state index in [2.05, 4.69) is 5.32 Å². The Labute approximate surface area is 141 Å². The van der Waals surface area contributed by atoms with Crippen LogP contribution in [0.4, 0.5) is 0 Å². The molecule has 126 valence electrons. The zero-order valence-corrected chi connectivity index (χ0v) is 13.7. The van der Waals surface area contributed by atoms with Gasteiger partial charge in [-0.25, -0.2) is 0 Å². The number of rotatable bonds is 8. The molecule has 2 rings (SSSR count). The minimum atomic E-state index is -0.760. The molecule has 0 aromatic heterocycles. The standard InChI is InChI=1S/C19H22N2O3/c1-24-17-10-6-5-9-15(17)13-16(19(20)23)21-18(22)12-11-14-7-3-2-4-8-14/h2-10,16H,11-13H2,1H3,(H2,20,23)(H,21,22)/t16-/m1/s1. The van der Waals surface area contributed by atoms with Crippen molar-refractivity contribution in [1.29, 1.82) is 0 Å². The van der Waals surface area contributed by atoms with Crippen LogP contribution in [0.1, 0.15) is 17.5 Å². The summed E-state index contributed by atoms with van der Waals surface area (Å²) in [5, 5.41) is 2.72. The van der Waals surface area contributed by atoms with Gasteiger partial charge < -0.3 is 15.8 Å². The first-order valence-electron chi connectivity index (χ1n) is 7.84. The van der Waals surface area contributed by atoms with Gasteiger partial charge in [0.25, 0.3) is 0 Å². The van der Waals surface area contributed by atoms with E-state index in [1.54, 1.807) is 7.11 Å². The number of carbonyl (C=O) groups is 2. The number of amides is 2. The van der Waals surface area contributed by atoms with E-state index in [0.29, 0.717) is 25.0 Å². The molecule has 0 spiro atoms. The maximum absolute atomic E-state index is 12.1. The number of methoxy groups -OCH3 is 1. The predicted octanol–water partition coefficient (Wildman–Crippen LogP) is 1.84. The van der Waals surface area contributed by atoms with Gasteiger partial charge in [-0.3, -0.25) is 9.59 Å². The van der Waals surface area contributed by atoms with Crippen LogP contribution in [0.2, 0.25) is 0 Å². The van der Waals surface area contributed by atoms with Crippen LogP contribution in [0.5, 0.6) is 5.75 Å². The molecule has 0 radical (unpaired) electrons. The van der Waals surface area contributed by atoms with Gasteiger partial charge in [0, 0.05) is 12.8 Å². The first kappa shape index (κ1) is 17.5. The highest BCUT2D eigenvalue weighted by Crippen LogP contribution is 2.19. The Hall–Kier alpha value is -2.82. The van der Waals surface area contributed by atoms with Crippen molar-refractivity contribution in [2.75, 3.05) is 7.11 Å². The maximum Gasteiger partial charge on any atom is 0.240 e. The van der Waals surface area contributed by atoms with Gasteiger partial charge in [0.1, 0.15) is 11.8 Å². The smallest absolute Gasteiger partial charge is 0.240 e. The van der Waals surface area contributed by atoms with Crippen LogP contribution in [-0.4, -0.2) is 25.0 Å². The molecule has 0 bridgehead atoms. The molecule has 0 unspecified atom stereocenters. The van der Waals surface area contributed by atoms with Crippen LogP contribution in [0.3, 0.4) is 0 Å². The quantitative estimate of drug-likeness (QED) is 0.776. The SMILES string of the molecule is COc1ccccc1C[C@@H](NC(=O)CCc1ccccc1)C(N)=O. The maximum atomic E-state index is 12.1. The highest BCUT2D eigenvalue weighted by molar-refractivity contribution is 5.87. The van der Waals surface area contributed by atoms with E-state index < -0.39 is 11.9 Å². The Morgan fingerprint density at radius 2 is 1.75 bits per heavy atom. The first-order chi connectivity index (χ1) is 11.6. The van der Waals surface area contributed by atoms with Gasteiger partial charge in [0.15, 0.2) is 0 Å². The van der Waals surface area contributed by atoms with Crippen molar-refractivity contribution < 1.29 is 14.3 Å². The Kier molecular flexibility index (Phi) is 6.37. The van der Waals surface area contributed by atoms with E-state index in [-0.39, 0.29) is 5.91 Å². The van der Waals surface area contributed by atoms with Crippen LogP contribution in [-0.2, 0) is 22.4 Å². The monoisotopic (exact) mass is 326 g/mol. The number of hydrogen-bond acceptors (Lipinski definition) is 3. The van der Waals surface area contributed by atoms with E-state index in [1.807, 2.05) is 54.6 Å². The molecular formula is C19H22N2O3. The van der Waals surface area contributed by atoms with Crippen molar-refractivity contribution in [1.82, 2.24) is 5.32 Å². The lowest BCUT2D eigenvalue weighted by atomic mass is 10.0. The zero-order chi connectivity index (χ0) is 17.4. The van der Waals surface area contributed by atoms with Crippen molar-refractivity contribution in [2.24, 2.45) is 5.73 Å². The fourth-order valence-electron chi connectivity index (χ4n) is 2.48. The summed E-state index contributed by atoms with van der Waals surface area (Å²) in [5.41, 5.74) is 7.34. The molecule has 24 heavy (non-hydrogen) atoms. The molecule has 2 amide bonds. The molecule has 0 saturated carbocycles. The summed E-state index contributed by atoms with van der Waals surface area (Å²) in [6.45, 7) is 0. The van der Waals surface area contributed by atoms with E-state index >= 15 is 0 Å². The Balaban J connectivity index is 1.95. The van der Waals surface area contributed by atoms with Gasteiger partial charge in [-0.1, -0.05) is 48.5 Å². The minimum Gasteiger partial charge on any atom is -0.496 e. The average molecular weight is 326 g/mol. The third kappa shape index (κ3) is 5.12. The van der Waals surface area contributed by atoms with Crippen LogP contribution in [0.15, 0.2) is 54.6 Å². The Morgan fingerprint density at radius 3 is 2.42 bits per heavy atom. The largest absolute Gasteiger partial charge is 0.496 e. The molecule has 2 aromatic rings. The van der Waals surface area contributed by atoms with E-state index in [0.717, 1.165) is 11.1 Å². The summed E-state index contributed by atoms with van der Waals surface area (Å²) < 4.78 is 5.27. The number of nitrogens with two attached hydrogens (primary N) is 1. The molecule has 0 heterocycles. The fourth-order valence-corrected chi connectivity index (χ4v) is 2.48. The molecule has 0 saturated heterocycles. The number of para-hydroxylation sites is 1. The summed E-state index contributed by atoms with van der Waals surface area (Å²) in [4.78, 5) is 23.8. The van der Waals surface area contributed by atoms with Gasteiger partial charge in [0.05, 0.1) is 7.11 Å². The number of aryl methyl sites for hydroxylation is 1.